The average Bonchev–Trinajstić information content (AvgIpc) is 3.38. The Morgan fingerprint density at radius 2 is 1.93 bits per heavy atom. The van der Waals surface area contributed by atoms with Crippen molar-refractivity contribution in [1.82, 2.24) is 14.8 Å². The first-order valence-corrected chi connectivity index (χ1v) is 11.1. The Hall–Kier alpha value is -2.85. The third-order valence-corrected chi connectivity index (χ3v) is 6.13. The molecule has 1 aromatic carbocycles. The van der Waals surface area contributed by atoms with Crippen LogP contribution in [0.4, 0.5) is 10.7 Å². The fourth-order valence-electron chi connectivity index (χ4n) is 2.77. The maximum atomic E-state index is 12.4. The van der Waals surface area contributed by atoms with E-state index >= 15 is 0 Å². The number of nitrogens with one attached hydrogen (secondary N) is 1. The van der Waals surface area contributed by atoms with Crippen LogP contribution in [0.2, 0.25) is 0 Å². The highest BCUT2D eigenvalue weighted by Gasteiger charge is 2.18. The molecule has 0 saturated carbocycles. The lowest BCUT2D eigenvalue weighted by atomic mass is 10.2. The van der Waals surface area contributed by atoms with Crippen LogP contribution in [0.25, 0.3) is 11.4 Å². The second-order valence-corrected chi connectivity index (χ2v) is 8.34. The molecule has 10 heteroatoms. The number of carbonyl (C=O) groups is 2. The summed E-state index contributed by atoms with van der Waals surface area (Å²) in [6.45, 7) is 2.69. The van der Waals surface area contributed by atoms with Crippen molar-refractivity contribution in [2.24, 2.45) is 0 Å². The minimum atomic E-state index is -0.477. The fraction of sp³-hybridized carbons (Fsp3) is 0.300. The molecule has 30 heavy (non-hydrogen) atoms. The first-order valence-electron chi connectivity index (χ1n) is 9.24. The van der Waals surface area contributed by atoms with Crippen LogP contribution >= 0.6 is 23.1 Å². The zero-order valence-electron chi connectivity index (χ0n) is 17.2. The van der Waals surface area contributed by atoms with Crippen molar-refractivity contribution in [3.05, 3.63) is 41.3 Å². The van der Waals surface area contributed by atoms with Crippen LogP contribution in [0.15, 0.2) is 40.9 Å². The van der Waals surface area contributed by atoms with E-state index in [1.54, 1.807) is 11.4 Å². The van der Waals surface area contributed by atoms with Crippen LogP contribution in [-0.4, -0.2) is 53.6 Å². The van der Waals surface area contributed by atoms with Crippen molar-refractivity contribution < 1.29 is 14.3 Å². The smallest absolute Gasteiger partial charge is 0.340 e. The lowest BCUT2D eigenvalue weighted by Crippen LogP contribution is -2.16. The predicted octanol–water partition coefficient (Wildman–Crippen LogP) is 3.61. The van der Waals surface area contributed by atoms with E-state index < -0.39 is 5.97 Å². The summed E-state index contributed by atoms with van der Waals surface area (Å²) in [7, 11) is 5.30. The maximum absolute atomic E-state index is 12.4. The third kappa shape index (κ3) is 4.82. The van der Waals surface area contributed by atoms with Crippen LogP contribution in [0.3, 0.4) is 0 Å². The van der Waals surface area contributed by atoms with E-state index in [0.717, 1.165) is 17.1 Å². The third-order valence-electron chi connectivity index (χ3n) is 4.33. The molecule has 0 unspecified atom stereocenters. The molecule has 2 heterocycles. The molecule has 158 valence electrons. The van der Waals surface area contributed by atoms with Crippen LogP contribution < -0.4 is 10.2 Å². The molecule has 2 aromatic heterocycles. The second-order valence-electron chi connectivity index (χ2n) is 6.48. The van der Waals surface area contributed by atoms with Gasteiger partial charge in [0.1, 0.15) is 5.00 Å². The van der Waals surface area contributed by atoms with Gasteiger partial charge in [-0.05, 0) is 42.6 Å². The molecule has 0 fully saturated rings. The molecule has 3 rings (SSSR count). The molecular formula is C20H23N5O3S2. The van der Waals surface area contributed by atoms with Crippen LogP contribution in [0, 0.1) is 0 Å². The molecule has 0 saturated heterocycles. The molecule has 8 nitrogen and oxygen atoms in total. The van der Waals surface area contributed by atoms with E-state index in [0.29, 0.717) is 22.3 Å². The molecule has 0 aliphatic heterocycles. The number of thioether (sulfide) groups is 1. The van der Waals surface area contributed by atoms with E-state index in [-0.39, 0.29) is 11.7 Å². The predicted molar refractivity (Wildman–Crippen MR) is 120 cm³/mol. The molecule has 1 amide bonds. The molecule has 3 aromatic rings. The van der Waals surface area contributed by atoms with Gasteiger partial charge < -0.3 is 19.5 Å². The SMILES string of the molecule is CCn1c(SCC(=O)Nc2sccc2C(=O)OC)nnc1-c1ccc(N(C)C)cc1. The number of anilines is 2. The highest BCUT2D eigenvalue weighted by atomic mass is 32.2. The molecule has 0 spiro atoms. The number of amides is 1. The Labute approximate surface area is 183 Å². The summed E-state index contributed by atoms with van der Waals surface area (Å²) in [5.41, 5.74) is 2.42. The number of carbonyl (C=O) groups excluding carboxylic acids is 2. The maximum Gasteiger partial charge on any atom is 0.340 e. The number of thiophene rings is 1. The number of ether oxygens (including phenoxy) is 1. The lowest BCUT2D eigenvalue weighted by Gasteiger charge is -2.13. The molecule has 1 N–H and O–H groups in total. The Kier molecular flexibility index (Phi) is 7.11. The summed E-state index contributed by atoms with van der Waals surface area (Å²) in [5.74, 6) is 0.206. The summed E-state index contributed by atoms with van der Waals surface area (Å²) in [6.07, 6.45) is 0. The van der Waals surface area contributed by atoms with Gasteiger partial charge in [-0.25, -0.2) is 4.79 Å². The standard InChI is InChI=1S/C20H23N5O3S2/c1-5-25-17(13-6-8-14(9-7-13)24(2)3)22-23-20(25)30-12-16(26)21-18-15(10-11-29-18)19(27)28-4/h6-11H,5,12H2,1-4H3,(H,21,26). The zero-order valence-corrected chi connectivity index (χ0v) is 18.8. The van der Waals surface area contributed by atoms with E-state index in [9.17, 15) is 9.59 Å². The largest absolute Gasteiger partial charge is 0.465 e. The number of methoxy groups -OCH3 is 1. The molecule has 0 atom stereocenters. The molecule has 0 radical (unpaired) electrons. The molecule has 0 aliphatic carbocycles. The van der Waals surface area contributed by atoms with Gasteiger partial charge in [-0.1, -0.05) is 11.8 Å². The van der Waals surface area contributed by atoms with E-state index in [2.05, 4.69) is 15.5 Å². The van der Waals surface area contributed by atoms with Gasteiger partial charge in [0, 0.05) is 31.9 Å². The average molecular weight is 446 g/mol. The number of rotatable bonds is 8. The normalized spacial score (nSPS) is 10.7. The van der Waals surface area contributed by atoms with Crippen LogP contribution in [0.1, 0.15) is 17.3 Å². The van der Waals surface area contributed by atoms with Gasteiger partial charge in [-0.15, -0.1) is 21.5 Å². The van der Waals surface area contributed by atoms with E-state index in [1.807, 2.05) is 54.8 Å². The molecular weight excluding hydrogens is 422 g/mol. The van der Waals surface area contributed by atoms with Crippen molar-refractivity contribution in [3.8, 4) is 11.4 Å². The Bertz CT molecular complexity index is 1030. The first kappa shape index (κ1) is 21.8. The topological polar surface area (TPSA) is 89.3 Å². The van der Waals surface area contributed by atoms with Gasteiger partial charge in [0.15, 0.2) is 11.0 Å². The van der Waals surface area contributed by atoms with Gasteiger partial charge in [-0.3, -0.25) is 4.79 Å². The Morgan fingerprint density at radius 1 is 1.20 bits per heavy atom. The molecule has 0 bridgehead atoms. The van der Waals surface area contributed by atoms with Gasteiger partial charge in [0.05, 0.1) is 18.4 Å². The second kappa shape index (κ2) is 9.77. The number of hydrogen-bond donors (Lipinski definition) is 1. The van der Waals surface area contributed by atoms with Gasteiger partial charge >= 0.3 is 5.97 Å². The van der Waals surface area contributed by atoms with Crippen molar-refractivity contribution in [2.45, 2.75) is 18.6 Å². The van der Waals surface area contributed by atoms with E-state index in [1.165, 1.54) is 30.2 Å². The van der Waals surface area contributed by atoms with Crippen molar-refractivity contribution in [1.29, 1.82) is 0 Å². The number of esters is 1. The number of nitrogens with zero attached hydrogens (tertiary/aromatic N) is 4. The zero-order chi connectivity index (χ0) is 21.7. The minimum Gasteiger partial charge on any atom is -0.465 e. The fourth-order valence-corrected chi connectivity index (χ4v) is 4.37. The van der Waals surface area contributed by atoms with Crippen molar-refractivity contribution >= 4 is 45.7 Å². The van der Waals surface area contributed by atoms with Crippen LogP contribution in [0.5, 0.6) is 0 Å². The van der Waals surface area contributed by atoms with Crippen molar-refractivity contribution in [3.63, 3.8) is 0 Å². The van der Waals surface area contributed by atoms with Gasteiger partial charge in [0.2, 0.25) is 5.91 Å². The summed E-state index contributed by atoms with van der Waals surface area (Å²) >= 11 is 2.58. The highest BCUT2D eigenvalue weighted by molar-refractivity contribution is 7.99. The van der Waals surface area contributed by atoms with E-state index in [4.69, 9.17) is 4.74 Å². The quantitative estimate of drug-likeness (QED) is 0.418. The number of aromatic nitrogens is 3. The Morgan fingerprint density at radius 3 is 2.57 bits per heavy atom. The number of benzene rings is 1. The van der Waals surface area contributed by atoms with Crippen molar-refractivity contribution in [2.75, 3.05) is 37.2 Å². The minimum absolute atomic E-state index is 0.149. The lowest BCUT2D eigenvalue weighted by molar-refractivity contribution is -0.113. The van der Waals surface area contributed by atoms with Crippen LogP contribution in [-0.2, 0) is 16.1 Å². The Balaban J connectivity index is 1.68. The summed E-state index contributed by atoms with van der Waals surface area (Å²) < 4.78 is 6.71. The summed E-state index contributed by atoms with van der Waals surface area (Å²) in [6, 6.07) is 9.71. The monoisotopic (exact) mass is 445 g/mol. The summed E-state index contributed by atoms with van der Waals surface area (Å²) in [5, 5.41) is 14.2. The summed E-state index contributed by atoms with van der Waals surface area (Å²) in [4.78, 5) is 26.2. The first-order chi connectivity index (χ1) is 14.4. The van der Waals surface area contributed by atoms with Gasteiger partial charge in [-0.2, -0.15) is 0 Å². The highest BCUT2D eigenvalue weighted by Crippen LogP contribution is 2.27. The number of hydrogen-bond acceptors (Lipinski definition) is 8. The van der Waals surface area contributed by atoms with Gasteiger partial charge in [0.25, 0.3) is 0 Å². The molecule has 0 aliphatic rings.